The van der Waals surface area contributed by atoms with Gasteiger partial charge in [-0.3, -0.25) is 0 Å². The van der Waals surface area contributed by atoms with Gasteiger partial charge in [-0.25, -0.2) is 9.50 Å². The van der Waals surface area contributed by atoms with E-state index in [1.807, 2.05) is 12.1 Å². The van der Waals surface area contributed by atoms with E-state index in [2.05, 4.69) is 52.9 Å². The standard InChI is InChI=1S/C23H34N6O2/c1-4-7-14-31-23-26-21(24)22-25-17-19(29(22)27-23)16-18-9-11-20(12-10-18)30-15-8-13-28(5-2)6-3/h9-12,17H,4-8,13-16H2,1-3H3,(H2,24,26,27). The fourth-order valence-electron chi connectivity index (χ4n) is 3.35. The predicted octanol–water partition coefficient (Wildman–Crippen LogP) is 3.59. The topological polar surface area (TPSA) is 90.8 Å². The molecule has 0 radical (unpaired) electrons. The van der Waals surface area contributed by atoms with E-state index in [9.17, 15) is 0 Å². The summed E-state index contributed by atoms with van der Waals surface area (Å²) in [5.74, 6) is 1.21. The Bertz CT molecular complexity index is 937. The van der Waals surface area contributed by atoms with Crippen LogP contribution in [0.4, 0.5) is 5.82 Å². The zero-order valence-electron chi connectivity index (χ0n) is 18.9. The minimum Gasteiger partial charge on any atom is -0.494 e. The molecular weight excluding hydrogens is 392 g/mol. The molecule has 2 aromatic heterocycles. The second kappa shape index (κ2) is 11.5. The maximum Gasteiger partial charge on any atom is 0.336 e. The number of nitrogens with two attached hydrogens (primary N) is 1. The molecule has 3 rings (SSSR count). The molecule has 0 fully saturated rings. The Kier molecular flexibility index (Phi) is 8.46. The van der Waals surface area contributed by atoms with Gasteiger partial charge in [-0.15, -0.1) is 5.10 Å². The van der Waals surface area contributed by atoms with Crippen LogP contribution in [0.5, 0.6) is 11.8 Å². The maximum absolute atomic E-state index is 6.05. The summed E-state index contributed by atoms with van der Waals surface area (Å²) in [6.07, 6.45) is 5.47. The lowest BCUT2D eigenvalue weighted by Crippen LogP contribution is -2.25. The first-order valence-corrected chi connectivity index (χ1v) is 11.2. The summed E-state index contributed by atoms with van der Waals surface area (Å²) in [6.45, 7) is 11.0. The number of hydrogen-bond acceptors (Lipinski definition) is 7. The smallest absolute Gasteiger partial charge is 0.336 e. The lowest BCUT2D eigenvalue weighted by atomic mass is 10.1. The molecule has 1 aromatic carbocycles. The molecule has 168 valence electrons. The Morgan fingerprint density at radius 2 is 1.74 bits per heavy atom. The summed E-state index contributed by atoms with van der Waals surface area (Å²) >= 11 is 0. The van der Waals surface area contributed by atoms with Crippen molar-refractivity contribution >= 4 is 11.5 Å². The van der Waals surface area contributed by atoms with Gasteiger partial charge in [0.05, 0.1) is 25.1 Å². The van der Waals surface area contributed by atoms with E-state index in [1.165, 1.54) is 0 Å². The number of nitrogens with zero attached hydrogens (tertiary/aromatic N) is 5. The second-order valence-electron chi connectivity index (χ2n) is 7.52. The average Bonchev–Trinajstić information content (AvgIpc) is 3.18. The van der Waals surface area contributed by atoms with Gasteiger partial charge in [-0.05, 0) is 43.6 Å². The molecule has 0 saturated carbocycles. The highest BCUT2D eigenvalue weighted by atomic mass is 16.5. The van der Waals surface area contributed by atoms with Crippen molar-refractivity contribution in [3.8, 4) is 11.8 Å². The summed E-state index contributed by atoms with van der Waals surface area (Å²) in [5.41, 5.74) is 8.67. The van der Waals surface area contributed by atoms with Crippen molar-refractivity contribution in [3.05, 3.63) is 41.7 Å². The summed E-state index contributed by atoms with van der Waals surface area (Å²) in [7, 11) is 0. The SMILES string of the molecule is CCCCOc1nc(N)c2ncc(Cc3ccc(OCCCN(CC)CC)cc3)n2n1. The van der Waals surface area contributed by atoms with Gasteiger partial charge in [0.1, 0.15) is 5.75 Å². The van der Waals surface area contributed by atoms with Gasteiger partial charge in [0.25, 0.3) is 0 Å². The first-order chi connectivity index (χ1) is 15.1. The Hall–Kier alpha value is -2.87. The number of fused-ring (bicyclic) bond motifs is 1. The minimum atomic E-state index is 0.283. The second-order valence-corrected chi connectivity index (χ2v) is 7.52. The number of imidazole rings is 1. The minimum absolute atomic E-state index is 0.283. The quantitative estimate of drug-likeness (QED) is 0.418. The van der Waals surface area contributed by atoms with Crippen LogP contribution in [0.3, 0.4) is 0 Å². The zero-order valence-corrected chi connectivity index (χ0v) is 18.9. The predicted molar refractivity (Wildman–Crippen MR) is 123 cm³/mol. The third-order valence-corrected chi connectivity index (χ3v) is 5.26. The molecule has 0 saturated heterocycles. The monoisotopic (exact) mass is 426 g/mol. The molecule has 0 aliphatic heterocycles. The molecule has 0 amide bonds. The number of anilines is 1. The fraction of sp³-hybridized carbons (Fsp3) is 0.522. The van der Waals surface area contributed by atoms with Crippen molar-refractivity contribution in [2.24, 2.45) is 0 Å². The van der Waals surface area contributed by atoms with Crippen molar-refractivity contribution in [2.75, 3.05) is 38.6 Å². The van der Waals surface area contributed by atoms with Crippen LogP contribution in [0.1, 0.15) is 51.3 Å². The average molecular weight is 427 g/mol. The van der Waals surface area contributed by atoms with Crippen LogP contribution in [0, 0.1) is 0 Å². The van der Waals surface area contributed by atoms with E-state index < -0.39 is 0 Å². The Morgan fingerprint density at radius 3 is 2.45 bits per heavy atom. The van der Waals surface area contributed by atoms with Gasteiger partial charge in [0.2, 0.25) is 0 Å². The normalized spacial score (nSPS) is 11.4. The van der Waals surface area contributed by atoms with Crippen LogP contribution in [0.15, 0.2) is 30.5 Å². The van der Waals surface area contributed by atoms with E-state index in [1.54, 1.807) is 10.7 Å². The van der Waals surface area contributed by atoms with Crippen molar-refractivity contribution in [1.82, 2.24) is 24.5 Å². The molecule has 0 aliphatic carbocycles. The Morgan fingerprint density at radius 1 is 1.00 bits per heavy atom. The van der Waals surface area contributed by atoms with Crippen molar-refractivity contribution in [2.45, 2.75) is 46.5 Å². The molecular formula is C23H34N6O2. The molecule has 0 spiro atoms. The highest BCUT2D eigenvalue weighted by molar-refractivity contribution is 5.59. The van der Waals surface area contributed by atoms with Crippen LogP contribution in [0.2, 0.25) is 0 Å². The number of hydrogen-bond donors (Lipinski definition) is 1. The van der Waals surface area contributed by atoms with Crippen molar-refractivity contribution in [3.63, 3.8) is 0 Å². The molecule has 2 N–H and O–H groups in total. The van der Waals surface area contributed by atoms with E-state index in [4.69, 9.17) is 15.2 Å². The molecule has 31 heavy (non-hydrogen) atoms. The molecule has 8 nitrogen and oxygen atoms in total. The molecule has 2 heterocycles. The first-order valence-electron chi connectivity index (χ1n) is 11.2. The van der Waals surface area contributed by atoms with Gasteiger partial charge >= 0.3 is 6.01 Å². The van der Waals surface area contributed by atoms with E-state index in [0.717, 1.165) is 62.5 Å². The van der Waals surface area contributed by atoms with Crippen LogP contribution in [0.25, 0.3) is 5.65 Å². The number of aromatic nitrogens is 4. The van der Waals surface area contributed by atoms with E-state index in [0.29, 0.717) is 24.5 Å². The fourth-order valence-corrected chi connectivity index (χ4v) is 3.35. The van der Waals surface area contributed by atoms with Crippen molar-refractivity contribution < 1.29 is 9.47 Å². The lowest BCUT2D eigenvalue weighted by molar-refractivity contribution is 0.249. The van der Waals surface area contributed by atoms with Gasteiger partial charge in [0.15, 0.2) is 11.5 Å². The van der Waals surface area contributed by atoms with Crippen LogP contribution < -0.4 is 15.2 Å². The molecule has 0 atom stereocenters. The van der Waals surface area contributed by atoms with E-state index in [-0.39, 0.29) is 6.01 Å². The summed E-state index contributed by atoms with van der Waals surface area (Å²) in [6, 6.07) is 8.45. The van der Waals surface area contributed by atoms with Crippen LogP contribution >= 0.6 is 0 Å². The number of rotatable bonds is 13. The van der Waals surface area contributed by atoms with Gasteiger partial charge in [-0.1, -0.05) is 39.3 Å². The lowest BCUT2D eigenvalue weighted by Gasteiger charge is -2.17. The summed E-state index contributed by atoms with van der Waals surface area (Å²) in [4.78, 5) is 11.0. The van der Waals surface area contributed by atoms with Gasteiger partial charge in [-0.2, -0.15) is 4.98 Å². The zero-order chi connectivity index (χ0) is 22.1. The summed E-state index contributed by atoms with van der Waals surface area (Å²) < 4.78 is 13.2. The van der Waals surface area contributed by atoms with Gasteiger partial charge < -0.3 is 20.1 Å². The number of ether oxygens (including phenoxy) is 2. The molecule has 0 aliphatic rings. The third-order valence-electron chi connectivity index (χ3n) is 5.26. The molecule has 0 bridgehead atoms. The van der Waals surface area contributed by atoms with Gasteiger partial charge in [0, 0.05) is 13.0 Å². The Labute approximate surface area is 184 Å². The first kappa shape index (κ1) is 22.8. The molecule has 3 aromatic rings. The number of unbranched alkanes of at least 4 members (excludes halogenated alkanes) is 1. The number of nitrogen functional groups attached to an aromatic ring is 1. The van der Waals surface area contributed by atoms with Crippen molar-refractivity contribution in [1.29, 1.82) is 0 Å². The van der Waals surface area contributed by atoms with Crippen LogP contribution in [-0.4, -0.2) is 57.3 Å². The largest absolute Gasteiger partial charge is 0.494 e. The highest BCUT2D eigenvalue weighted by Crippen LogP contribution is 2.19. The maximum atomic E-state index is 6.05. The highest BCUT2D eigenvalue weighted by Gasteiger charge is 2.12. The molecule has 0 unspecified atom stereocenters. The third kappa shape index (κ3) is 6.30. The number of benzene rings is 1. The summed E-state index contributed by atoms with van der Waals surface area (Å²) in [5, 5.41) is 4.47. The van der Waals surface area contributed by atoms with Crippen LogP contribution in [-0.2, 0) is 6.42 Å². The Balaban J connectivity index is 1.60. The van der Waals surface area contributed by atoms with E-state index >= 15 is 0 Å². The molecule has 8 heteroatoms.